The molecule has 0 fully saturated rings. The maximum Gasteiger partial charge on any atom is 0.240 e. The second-order valence-electron chi connectivity index (χ2n) is 3.76. The predicted molar refractivity (Wildman–Crippen MR) is 70.6 cm³/mol. The van der Waals surface area contributed by atoms with Gasteiger partial charge in [-0.1, -0.05) is 12.1 Å². The number of benzene rings is 1. The summed E-state index contributed by atoms with van der Waals surface area (Å²) in [5.41, 5.74) is 0.462. The van der Waals surface area contributed by atoms with E-state index >= 15 is 0 Å². The van der Waals surface area contributed by atoms with Crippen LogP contribution < -0.4 is 4.72 Å². The van der Waals surface area contributed by atoms with Crippen LogP contribution in [0.15, 0.2) is 29.2 Å². The van der Waals surface area contributed by atoms with Gasteiger partial charge < -0.3 is 0 Å². The van der Waals surface area contributed by atoms with Gasteiger partial charge in [0.2, 0.25) is 10.0 Å². The highest BCUT2D eigenvalue weighted by Gasteiger charge is 2.13. The zero-order valence-corrected chi connectivity index (χ0v) is 11.8. The third-order valence-electron chi connectivity index (χ3n) is 2.25. The quantitative estimate of drug-likeness (QED) is 0.775. The lowest BCUT2D eigenvalue weighted by molar-refractivity contribution is 0.101. The minimum absolute atomic E-state index is 0.0920. The number of Topliss-reactive ketones (excluding diaryl/α,β-unsaturated/α-hetero) is 1. The highest BCUT2D eigenvalue weighted by molar-refractivity contribution is 7.89. The highest BCUT2D eigenvalue weighted by atomic mass is 32.2. The Morgan fingerprint density at radius 2 is 1.83 bits per heavy atom. The van der Waals surface area contributed by atoms with Gasteiger partial charge in [-0.05, 0) is 19.1 Å². The number of ketones is 1. The van der Waals surface area contributed by atoms with Crippen LogP contribution >= 0.6 is 0 Å². The van der Waals surface area contributed by atoms with Crippen molar-refractivity contribution in [2.24, 2.45) is 0 Å². The molecule has 0 radical (unpaired) electrons. The first-order chi connectivity index (χ1) is 8.33. The number of hydrogen-bond donors (Lipinski definition) is 1. The second-order valence-corrected chi connectivity index (χ2v) is 7.08. The molecule has 0 bridgehead atoms. The summed E-state index contributed by atoms with van der Waals surface area (Å²) < 4.78 is 36.8. The summed E-state index contributed by atoms with van der Waals surface area (Å²) in [7, 11) is -4.63. The van der Waals surface area contributed by atoms with E-state index in [-0.39, 0.29) is 23.0 Å². The van der Waals surface area contributed by atoms with Crippen LogP contribution in [0.5, 0.6) is 0 Å². The van der Waals surface area contributed by atoms with Crippen molar-refractivity contribution in [3.8, 4) is 0 Å². The van der Waals surface area contributed by atoms with Gasteiger partial charge >= 0.3 is 0 Å². The van der Waals surface area contributed by atoms with Crippen molar-refractivity contribution in [1.82, 2.24) is 4.72 Å². The van der Waals surface area contributed by atoms with E-state index in [4.69, 9.17) is 0 Å². The Balaban J connectivity index is 2.79. The van der Waals surface area contributed by atoms with E-state index in [1.54, 1.807) is 0 Å². The highest BCUT2D eigenvalue weighted by Crippen LogP contribution is 2.10. The Morgan fingerprint density at radius 1 is 1.28 bits per heavy atom. The molecule has 18 heavy (non-hydrogen) atoms. The summed E-state index contributed by atoms with van der Waals surface area (Å²) in [6, 6.07) is 5.69. The van der Waals surface area contributed by atoms with Gasteiger partial charge in [0, 0.05) is 34.9 Å². The molecule has 0 aliphatic rings. The van der Waals surface area contributed by atoms with E-state index in [1.165, 1.54) is 37.4 Å². The van der Waals surface area contributed by atoms with E-state index in [1.807, 2.05) is 0 Å². The molecule has 1 N–H and O–H groups in total. The largest absolute Gasteiger partial charge is 0.295 e. The summed E-state index contributed by atoms with van der Waals surface area (Å²) in [4.78, 5) is 11.1. The number of rotatable bonds is 6. The van der Waals surface area contributed by atoms with Gasteiger partial charge in [0.25, 0.3) is 0 Å². The van der Waals surface area contributed by atoms with E-state index < -0.39 is 20.8 Å². The Kier molecular flexibility index (Phi) is 5.18. The minimum atomic E-state index is -3.59. The number of carbonyl (C=O) groups is 1. The lowest BCUT2D eigenvalue weighted by atomic mass is 10.2. The van der Waals surface area contributed by atoms with Gasteiger partial charge in [0.1, 0.15) is 0 Å². The monoisotopic (exact) mass is 289 g/mol. The summed E-state index contributed by atoms with van der Waals surface area (Å²) in [6.07, 6.45) is 1.51. The van der Waals surface area contributed by atoms with Gasteiger partial charge in [-0.2, -0.15) is 0 Å². The molecule has 1 rings (SSSR count). The summed E-state index contributed by atoms with van der Waals surface area (Å²) in [5, 5.41) is 0. The number of hydrogen-bond acceptors (Lipinski definition) is 4. The summed E-state index contributed by atoms with van der Waals surface area (Å²) in [6.45, 7) is 1.54. The third-order valence-corrected chi connectivity index (χ3v) is 4.51. The number of nitrogens with one attached hydrogen (secondary N) is 1. The maximum absolute atomic E-state index is 11.8. The molecule has 0 aliphatic heterocycles. The molecule has 0 aromatic heterocycles. The number of sulfonamides is 1. The van der Waals surface area contributed by atoms with E-state index in [2.05, 4.69) is 4.72 Å². The minimum Gasteiger partial charge on any atom is -0.295 e. The molecule has 0 heterocycles. The van der Waals surface area contributed by atoms with Crippen LogP contribution in [0.25, 0.3) is 0 Å². The van der Waals surface area contributed by atoms with Crippen LogP contribution in [0.2, 0.25) is 0 Å². The lowest BCUT2D eigenvalue weighted by Crippen LogP contribution is -2.27. The van der Waals surface area contributed by atoms with Crippen LogP contribution in [-0.2, 0) is 20.8 Å². The van der Waals surface area contributed by atoms with Gasteiger partial charge in [-0.3, -0.25) is 9.00 Å². The van der Waals surface area contributed by atoms with Crippen LogP contribution in [0, 0.1) is 0 Å². The molecule has 7 heteroatoms. The fraction of sp³-hybridized carbons (Fsp3) is 0.364. The Hall–Kier alpha value is -1.05. The first-order valence-corrected chi connectivity index (χ1v) is 8.44. The fourth-order valence-electron chi connectivity index (χ4n) is 1.27. The van der Waals surface area contributed by atoms with Gasteiger partial charge in [-0.15, -0.1) is 0 Å². The van der Waals surface area contributed by atoms with Crippen molar-refractivity contribution >= 4 is 26.6 Å². The fourth-order valence-corrected chi connectivity index (χ4v) is 2.82. The first kappa shape index (κ1) is 15.0. The molecule has 1 aromatic rings. The van der Waals surface area contributed by atoms with Gasteiger partial charge in [0.05, 0.1) is 4.90 Å². The molecule has 0 saturated heterocycles. The van der Waals surface area contributed by atoms with E-state index in [0.717, 1.165) is 0 Å². The molecule has 0 amide bonds. The van der Waals surface area contributed by atoms with Crippen molar-refractivity contribution in [3.63, 3.8) is 0 Å². The molecule has 5 nitrogen and oxygen atoms in total. The number of carbonyl (C=O) groups excluding carboxylic acids is 1. The molecule has 1 unspecified atom stereocenters. The average Bonchev–Trinajstić information content (AvgIpc) is 2.28. The van der Waals surface area contributed by atoms with E-state index in [9.17, 15) is 17.4 Å². The van der Waals surface area contributed by atoms with Crippen molar-refractivity contribution in [1.29, 1.82) is 0 Å². The van der Waals surface area contributed by atoms with Crippen LogP contribution in [0.4, 0.5) is 0 Å². The molecular formula is C11H15NO4S2. The molecule has 1 atom stereocenters. The maximum atomic E-state index is 11.8. The smallest absolute Gasteiger partial charge is 0.240 e. The van der Waals surface area contributed by atoms with Crippen LogP contribution in [0.3, 0.4) is 0 Å². The zero-order chi connectivity index (χ0) is 13.8. The zero-order valence-electron chi connectivity index (χ0n) is 10.2. The Morgan fingerprint density at radius 3 is 2.28 bits per heavy atom. The summed E-state index contributed by atoms with van der Waals surface area (Å²) >= 11 is 0. The van der Waals surface area contributed by atoms with Crippen LogP contribution in [0.1, 0.15) is 17.3 Å². The van der Waals surface area contributed by atoms with Crippen molar-refractivity contribution < 1.29 is 17.4 Å². The molecule has 0 spiro atoms. The molecule has 100 valence electrons. The molecule has 0 saturated carbocycles. The average molecular weight is 289 g/mol. The lowest BCUT2D eigenvalue weighted by Gasteiger charge is -2.06. The normalized spacial score (nSPS) is 13.2. The standard InChI is InChI=1S/C11H15NO4S2/c1-9(13)10-3-5-11(6-4-10)18(15,16)12-7-8-17(2)14/h3-6,12H,7-8H2,1-2H3. The van der Waals surface area contributed by atoms with E-state index in [0.29, 0.717) is 5.56 Å². The van der Waals surface area contributed by atoms with Gasteiger partial charge in [-0.25, -0.2) is 13.1 Å². The third kappa shape index (κ3) is 4.32. The Bertz CT molecular complexity index is 549. The SMILES string of the molecule is CC(=O)c1ccc(S(=O)(=O)NCCS(C)=O)cc1. The first-order valence-electron chi connectivity index (χ1n) is 5.23. The second kappa shape index (κ2) is 6.21. The van der Waals surface area contributed by atoms with Crippen molar-refractivity contribution in [2.45, 2.75) is 11.8 Å². The summed E-state index contributed by atoms with van der Waals surface area (Å²) in [5.74, 6) is 0.151. The predicted octanol–water partition coefficient (Wildman–Crippen LogP) is 0.546. The molecule has 1 aromatic carbocycles. The molecule has 0 aliphatic carbocycles. The van der Waals surface area contributed by atoms with Crippen LogP contribution in [-0.4, -0.2) is 37.0 Å². The van der Waals surface area contributed by atoms with Crippen molar-refractivity contribution in [3.05, 3.63) is 29.8 Å². The molecular weight excluding hydrogens is 274 g/mol. The topological polar surface area (TPSA) is 80.3 Å². The van der Waals surface area contributed by atoms with Crippen molar-refractivity contribution in [2.75, 3.05) is 18.6 Å². The Labute approximate surface area is 109 Å². The van der Waals surface area contributed by atoms with Gasteiger partial charge in [0.15, 0.2) is 5.78 Å².